The van der Waals surface area contributed by atoms with Crippen LogP contribution >= 0.6 is 23.4 Å². The zero-order valence-electron chi connectivity index (χ0n) is 10.3. The summed E-state index contributed by atoms with van der Waals surface area (Å²) < 4.78 is 0. The molecule has 0 saturated heterocycles. The van der Waals surface area contributed by atoms with Crippen LogP contribution in [0.25, 0.3) is 0 Å². The normalized spacial score (nSPS) is 12.3. The average molecular weight is 301 g/mol. The summed E-state index contributed by atoms with van der Waals surface area (Å²) in [6.07, 6.45) is -0.162. The van der Waals surface area contributed by atoms with E-state index >= 15 is 0 Å². The van der Waals surface area contributed by atoms with Gasteiger partial charge in [0.05, 0.1) is 17.4 Å². The van der Waals surface area contributed by atoms with Gasteiger partial charge in [0.1, 0.15) is 6.42 Å². The van der Waals surface area contributed by atoms with Crippen LogP contribution in [0.3, 0.4) is 0 Å². The Morgan fingerprint density at radius 3 is 2.75 bits per heavy atom. The maximum absolute atomic E-state index is 12.3. The number of carbonyl (C=O) groups excluding carboxylic acids is 1. The average Bonchev–Trinajstić information content (AvgIpc) is 2.45. The second-order valence-electron chi connectivity index (χ2n) is 4.25. The van der Waals surface area contributed by atoms with Crippen LogP contribution in [0.5, 0.6) is 0 Å². The summed E-state index contributed by atoms with van der Waals surface area (Å²) in [5.74, 6) is -0.247. The third-order valence-corrected chi connectivity index (χ3v) is 4.33. The van der Waals surface area contributed by atoms with Crippen LogP contribution in [0, 0.1) is 11.3 Å². The quantitative estimate of drug-likeness (QED) is 0.785. The second-order valence-corrected chi connectivity index (χ2v) is 5.77. The van der Waals surface area contributed by atoms with Gasteiger partial charge in [0.25, 0.3) is 0 Å². The molecule has 3 rings (SSSR count). The number of benzene rings is 2. The maximum Gasteiger partial charge on any atom is 0.245 e. The molecule has 0 saturated carbocycles. The molecule has 2 aromatic carbocycles. The lowest BCUT2D eigenvalue weighted by Crippen LogP contribution is -2.27. The molecule has 98 valence electrons. The van der Waals surface area contributed by atoms with E-state index in [0.717, 1.165) is 21.2 Å². The summed E-state index contributed by atoms with van der Waals surface area (Å²) in [7, 11) is 0. The molecular formula is C15H9ClN2OS. The molecule has 0 aromatic heterocycles. The van der Waals surface area contributed by atoms with E-state index in [1.807, 2.05) is 36.4 Å². The van der Waals surface area contributed by atoms with E-state index in [1.165, 1.54) is 0 Å². The standard InChI is InChI=1S/C15H9ClN2OS/c16-10-5-6-14-12(9-10)18(15(19)7-8-17)11-3-1-2-4-13(11)20-14/h1-6,9H,7H2. The SMILES string of the molecule is N#CCC(=O)N1c2ccccc2Sc2ccc(Cl)cc21. The van der Waals surface area contributed by atoms with Gasteiger partial charge in [-0.05, 0) is 30.3 Å². The van der Waals surface area contributed by atoms with Gasteiger partial charge in [0.15, 0.2) is 0 Å². The van der Waals surface area contributed by atoms with Gasteiger partial charge in [-0.25, -0.2) is 0 Å². The van der Waals surface area contributed by atoms with Gasteiger partial charge in [-0.3, -0.25) is 9.69 Å². The molecule has 1 heterocycles. The summed E-state index contributed by atoms with van der Waals surface area (Å²) in [6, 6.07) is 15.0. The first-order valence-corrected chi connectivity index (χ1v) is 7.16. The maximum atomic E-state index is 12.3. The number of hydrogen-bond acceptors (Lipinski definition) is 3. The molecule has 0 atom stereocenters. The lowest BCUT2D eigenvalue weighted by Gasteiger charge is -2.30. The molecule has 0 bridgehead atoms. The molecule has 0 spiro atoms. The van der Waals surface area contributed by atoms with Crippen LogP contribution in [0.15, 0.2) is 52.3 Å². The molecule has 0 aliphatic carbocycles. The van der Waals surface area contributed by atoms with E-state index in [-0.39, 0.29) is 12.3 Å². The van der Waals surface area contributed by atoms with E-state index in [9.17, 15) is 4.79 Å². The van der Waals surface area contributed by atoms with Gasteiger partial charge in [0.2, 0.25) is 5.91 Å². The van der Waals surface area contributed by atoms with Gasteiger partial charge in [-0.2, -0.15) is 5.26 Å². The number of nitriles is 1. The van der Waals surface area contributed by atoms with Crippen molar-refractivity contribution >= 4 is 40.6 Å². The first-order valence-electron chi connectivity index (χ1n) is 5.97. The number of hydrogen-bond donors (Lipinski definition) is 0. The fourth-order valence-corrected chi connectivity index (χ4v) is 3.35. The van der Waals surface area contributed by atoms with Crippen LogP contribution in [0.1, 0.15) is 6.42 Å². The molecule has 0 N–H and O–H groups in total. The lowest BCUT2D eigenvalue weighted by atomic mass is 10.2. The zero-order valence-corrected chi connectivity index (χ0v) is 11.9. The summed E-state index contributed by atoms with van der Waals surface area (Å²) in [5.41, 5.74) is 1.54. The Hall–Kier alpha value is -1.96. The summed E-state index contributed by atoms with van der Waals surface area (Å²) >= 11 is 7.63. The van der Waals surface area contributed by atoms with Gasteiger partial charge in [-0.15, -0.1) is 0 Å². The number of anilines is 2. The van der Waals surface area contributed by atoms with Crippen LogP contribution in [-0.2, 0) is 4.79 Å². The van der Waals surface area contributed by atoms with Crippen molar-refractivity contribution in [2.24, 2.45) is 0 Å². The van der Waals surface area contributed by atoms with Crippen molar-refractivity contribution in [1.29, 1.82) is 5.26 Å². The predicted octanol–water partition coefficient (Wildman–Crippen LogP) is 4.38. The van der Waals surface area contributed by atoms with Gasteiger partial charge >= 0.3 is 0 Å². The highest BCUT2D eigenvalue weighted by Crippen LogP contribution is 2.48. The Balaban J connectivity index is 2.19. The van der Waals surface area contributed by atoms with E-state index in [0.29, 0.717) is 5.02 Å². The second kappa shape index (κ2) is 5.20. The molecule has 0 unspecified atom stereocenters. The molecule has 0 fully saturated rings. The number of nitrogens with zero attached hydrogens (tertiary/aromatic N) is 2. The Morgan fingerprint density at radius 1 is 1.20 bits per heavy atom. The molecule has 3 nitrogen and oxygen atoms in total. The first-order chi connectivity index (χ1) is 9.70. The Bertz CT molecular complexity index is 739. The van der Waals surface area contributed by atoms with Gasteiger partial charge in [-0.1, -0.05) is 35.5 Å². The number of fused-ring (bicyclic) bond motifs is 2. The third-order valence-electron chi connectivity index (χ3n) is 2.97. The largest absolute Gasteiger partial charge is 0.278 e. The van der Waals surface area contributed by atoms with E-state index < -0.39 is 0 Å². The van der Waals surface area contributed by atoms with Crippen molar-refractivity contribution in [3.63, 3.8) is 0 Å². The smallest absolute Gasteiger partial charge is 0.245 e. The molecular weight excluding hydrogens is 292 g/mol. The van der Waals surface area contributed by atoms with Crippen LogP contribution in [-0.4, -0.2) is 5.91 Å². The highest BCUT2D eigenvalue weighted by molar-refractivity contribution is 7.99. The zero-order chi connectivity index (χ0) is 14.1. The molecule has 1 amide bonds. The number of carbonyl (C=O) groups is 1. The molecule has 2 aromatic rings. The molecule has 5 heteroatoms. The predicted molar refractivity (Wildman–Crippen MR) is 79.4 cm³/mol. The summed E-state index contributed by atoms with van der Waals surface area (Å²) in [6.45, 7) is 0. The monoisotopic (exact) mass is 300 g/mol. The number of amides is 1. The Labute approximate surface area is 125 Å². The highest BCUT2D eigenvalue weighted by Gasteiger charge is 2.27. The number of halogens is 1. The highest BCUT2D eigenvalue weighted by atomic mass is 35.5. The van der Waals surface area contributed by atoms with Crippen LogP contribution in [0.4, 0.5) is 11.4 Å². The fraction of sp³-hybridized carbons (Fsp3) is 0.0667. The van der Waals surface area contributed by atoms with E-state index in [4.69, 9.17) is 16.9 Å². The minimum atomic E-state index is -0.247. The van der Waals surface area contributed by atoms with Crippen molar-refractivity contribution < 1.29 is 4.79 Å². The van der Waals surface area contributed by atoms with Crippen LogP contribution < -0.4 is 4.90 Å². The van der Waals surface area contributed by atoms with Crippen molar-refractivity contribution in [2.45, 2.75) is 16.2 Å². The van der Waals surface area contributed by atoms with E-state index in [2.05, 4.69) is 0 Å². The summed E-state index contributed by atoms with van der Waals surface area (Å²) in [4.78, 5) is 15.8. The summed E-state index contributed by atoms with van der Waals surface area (Å²) in [5, 5.41) is 9.36. The molecule has 1 aliphatic rings. The fourth-order valence-electron chi connectivity index (χ4n) is 2.14. The van der Waals surface area contributed by atoms with E-state index in [1.54, 1.807) is 28.8 Å². The minimum absolute atomic E-state index is 0.162. The molecule has 20 heavy (non-hydrogen) atoms. The topological polar surface area (TPSA) is 44.1 Å². The minimum Gasteiger partial charge on any atom is -0.278 e. The Kier molecular flexibility index (Phi) is 3.39. The van der Waals surface area contributed by atoms with Crippen molar-refractivity contribution in [3.8, 4) is 6.07 Å². The van der Waals surface area contributed by atoms with Crippen molar-refractivity contribution in [2.75, 3.05) is 4.90 Å². The molecule has 1 aliphatic heterocycles. The third kappa shape index (κ3) is 2.15. The first kappa shape index (κ1) is 13.0. The number of para-hydroxylation sites is 1. The van der Waals surface area contributed by atoms with Crippen molar-refractivity contribution in [1.82, 2.24) is 0 Å². The lowest BCUT2D eigenvalue weighted by molar-refractivity contribution is -0.117. The number of rotatable bonds is 1. The Morgan fingerprint density at radius 2 is 1.95 bits per heavy atom. The van der Waals surface area contributed by atoms with Crippen LogP contribution in [0.2, 0.25) is 5.02 Å². The van der Waals surface area contributed by atoms with Gasteiger partial charge in [0, 0.05) is 14.8 Å². The molecule has 0 radical (unpaired) electrons. The van der Waals surface area contributed by atoms with Crippen molar-refractivity contribution in [3.05, 3.63) is 47.5 Å². The van der Waals surface area contributed by atoms with Gasteiger partial charge < -0.3 is 0 Å².